The van der Waals surface area contributed by atoms with Gasteiger partial charge in [0.15, 0.2) is 5.82 Å². The fourth-order valence-electron chi connectivity index (χ4n) is 2.24. The molecule has 0 spiro atoms. The molecule has 0 amide bonds. The summed E-state index contributed by atoms with van der Waals surface area (Å²) in [7, 11) is 0. The number of benzene rings is 1. The van der Waals surface area contributed by atoms with E-state index in [0.29, 0.717) is 12.4 Å². The molecule has 22 heavy (non-hydrogen) atoms. The van der Waals surface area contributed by atoms with Crippen molar-refractivity contribution in [2.45, 2.75) is 12.5 Å². The monoisotopic (exact) mass is 294 g/mol. The van der Waals surface area contributed by atoms with E-state index in [0.717, 1.165) is 23.5 Å². The quantitative estimate of drug-likeness (QED) is 0.649. The second-order valence-corrected chi connectivity index (χ2v) is 4.92. The fraction of sp³-hybridized carbons (Fsp3) is 0.188. The van der Waals surface area contributed by atoms with Crippen molar-refractivity contribution in [3.05, 3.63) is 60.7 Å². The molecule has 4 N–H and O–H groups in total. The first-order chi connectivity index (χ1) is 10.9. The van der Waals surface area contributed by atoms with Crippen molar-refractivity contribution in [3.63, 3.8) is 0 Å². The highest BCUT2D eigenvalue weighted by atomic mass is 15.2. The maximum absolute atomic E-state index is 5.73. The number of aromatic amines is 1. The van der Waals surface area contributed by atoms with Crippen molar-refractivity contribution >= 4 is 5.69 Å². The van der Waals surface area contributed by atoms with Crippen LogP contribution in [0.1, 0.15) is 18.3 Å². The number of hydrogen-bond acceptors (Lipinski definition) is 5. The number of pyridine rings is 1. The third-order valence-electron chi connectivity index (χ3n) is 3.34. The van der Waals surface area contributed by atoms with Crippen LogP contribution < -0.4 is 11.1 Å². The summed E-state index contributed by atoms with van der Waals surface area (Å²) in [5.74, 6) is 1.44. The Morgan fingerprint density at radius 2 is 1.86 bits per heavy atom. The molecule has 3 rings (SSSR count). The van der Waals surface area contributed by atoms with Gasteiger partial charge < -0.3 is 11.1 Å². The molecule has 0 fully saturated rings. The van der Waals surface area contributed by atoms with E-state index in [1.54, 1.807) is 12.4 Å². The Hall–Kier alpha value is -2.73. The number of rotatable bonds is 6. The van der Waals surface area contributed by atoms with Gasteiger partial charge in [0.05, 0.1) is 6.04 Å². The average molecular weight is 294 g/mol. The van der Waals surface area contributed by atoms with E-state index in [2.05, 4.69) is 25.5 Å². The zero-order valence-corrected chi connectivity index (χ0v) is 12.1. The van der Waals surface area contributed by atoms with Crippen LogP contribution in [-0.4, -0.2) is 26.7 Å². The number of H-pyrrole nitrogens is 1. The molecule has 2 heterocycles. The Labute approximate surface area is 128 Å². The topological polar surface area (TPSA) is 92.5 Å². The molecule has 1 atom stereocenters. The summed E-state index contributed by atoms with van der Waals surface area (Å²) < 4.78 is 0. The zero-order valence-electron chi connectivity index (χ0n) is 12.1. The molecule has 6 nitrogen and oxygen atoms in total. The van der Waals surface area contributed by atoms with Crippen molar-refractivity contribution in [3.8, 4) is 11.4 Å². The molecule has 0 aliphatic rings. The molecule has 0 bridgehead atoms. The van der Waals surface area contributed by atoms with Crippen LogP contribution in [0.25, 0.3) is 11.4 Å². The van der Waals surface area contributed by atoms with E-state index < -0.39 is 0 Å². The Bertz CT molecular complexity index is 695. The highest BCUT2D eigenvalue weighted by Gasteiger charge is 2.16. The largest absolute Gasteiger partial charge is 0.375 e. The van der Waals surface area contributed by atoms with Crippen molar-refractivity contribution < 1.29 is 0 Å². The van der Waals surface area contributed by atoms with E-state index in [-0.39, 0.29) is 6.04 Å². The van der Waals surface area contributed by atoms with Gasteiger partial charge in [-0.3, -0.25) is 10.1 Å². The number of aromatic nitrogens is 4. The molecule has 112 valence electrons. The maximum atomic E-state index is 5.73. The predicted molar refractivity (Wildman–Crippen MR) is 86.1 cm³/mol. The van der Waals surface area contributed by atoms with Gasteiger partial charge in [0.2, 0.25) is 0 Å². The van der Waals surface area contributed by atoms with Crippen molar-refractivity contribution in [1.82, 2.24) is 20.2 Å². The van der Waals surface area contributed by atoms with Gasteiger partial charge in [0, 0.05) is 23.6 Å². The van der Waals surface area contributed by atoms with E-state index in [1.165, 1.54) is 0 Å². The summed E-state index contributed by atoms with van der Waals surface area (Å²) in [6.07, 6.45) is 4.22. The van der Waals surface area contributed by atoms with Crippen LogP contribution in [0.2, 0.25) is 0 Å². The highest BCUT2D eigenvalue weighted by Crippen LogP contribution is 2.21. The fourth-order valence-corrected chi connectivity index (χ4v) is 2.24. The van der Waals surface area contributed by atoms with Crippen LogP contribution >= 0.6 is 0 Å². The van der Waals surface area contributed by atoms with E-state index >= 15 is 0 Å². The van der Waals surface area contributed by atoms with E-state index in [9.17, 15) is 0 Å². The first-order valence-electron chi connectivity index (χ1n) is 7.21. The maximum Gasteiger partial charge on any atom is 0.181 e. The highest BCUT2D eigenvalue weighted by molar-refractivity contribution is 5.53. The Kier molecular flexibility index (Phi) is 4.41. The van der Waals surface area contributed by atoms with Crippen LogP contribution in [0.4, 0.5) is 5.69 Å². The molecule has 1 unspecified atom stereocenters. The second-order valence-electron chi connectivity index (χ2n) is 4.92. The number of nitrogens with one attached hydrogen (secondary N) is 2. The summed E-state index contributed by atoms with van der Waals surface area (Å²) in [5.41, 5.74) is 7.69. The molecular weight excluding hydrogens is 276 g/mol. The molecule has 0 saturated heterocycles. The van der Waals surface area contributed by atoms with Crippen LogP contribution in [0.15, 0.2) is 54.9 Å². The predicted octanol–water partition coefficient (Wildman–Crippen LogP) is 2.37. The summed E-state index contributed by atoms with van der Waals surface area (Å²) in [6.45, 7) is 0.565. The zero-order chi connectivity index (χ0) is 15.2. The van der Waals surface area contributed by atoms with Gasteiger partial charge in [-0.1, -0.05) is 18.2 Å². The Balaban J connectivity index is 1.82. The van der Waals surface area contributed by atoms with E-state index in [1.807, 2.05) is 42.5 Å². The molecule has 0 saturated carbocycles. The Morgan fingerprint density at radius 3 is 2.59 bits per heavy atom. The molecule has 6 heteroatoms. The molecule has 0 aliphatic heterocycles. The summed E-state index contributed by atoms with van der Waals surface area (Å²) >= 11 is 0. The second kappa shape index (κ2) is 6.82. The van der Waals surface area contributed by atoms with Gasteiger partial charge in [-0.25, -0.2) is 4.98 Å². The lowest BCUT2D eigenvalue weighted by molar-refractivity contribution is 0.663. The number of para-hydroxylation sites is 1. The normalized spacial score (nSPS) is 12.0. The van der Waals surface area contributed by atoms with Crippen molar-refractivity contribution in [2.24, 2.45) is 5.73 Å². The minimum Gasteiger partial charge on any atom is -0.375 e. The summed E-state index contributed by atoms with van der Waals surface area (Å²) in [4.78, 5) is 8.59. The minimum absolute atomic E-state index is 0.00418. The van der Waals surface area contributed by atoms with Crippen LogP contribution in [-0.2, 0) is 0 Å². The lowest BCUT2D eigenvalue weighted by Crippen LogP contribution is -2.16. The van der Waals surface area contributed by atoms with Gasteiger partial charge in [-0.05, 0) is 37.2 Å². The van der Waals surface area contributed by atoms with Gasteiger partial charge in [-0.2, -0.15) is 5.10 Å². The third kappa shape index (κ3) is 3.29. The minimum atomic E-state index is -0.00418. The van der Waals surface area contributed by atoms with Crippen LogP contribution in [0.5, 0.6) is 0 Å². The number of hydrogen-bond donors (Lipinski definition) is 3. The number of anilines is 1. The smallest absolute Gasteiger partial charge is 0.181 e. The summed E-state index contributed by atoms with van der Waals surface area (Å²) in [6, 6.07) is 13.8. The first-order valence-corrected chi connectivity index (χ1v) is 7.21. The standard InChI is InChI=1S/C16H18N6/c17-9-6-14(19-13-4-2-1-3-5-13)16-20-15(21-22-16)12-7-10-18-11-8-12/h1-5,7-8,10-11,14,19H,6,9,17H2,(H,20,21,22). The third-order valence-corrected chi connectivity index (χ3v) is 3.34. The van der Waals surface area contributed by atoms with Crippen LogP contribution in [0.3, 0.4) is 0 Å². The number of nitrogens with two attached hydrogens (primary N) is 1. The lowest BCUT2D eigenvalue weighted by atomic mass is 10.1. The van der Waals surface area contributed by atoms with Crippen molar-refractivity contribution in [1.29, 1.82) is 0 Å². The SMILES string of the molecule is NCCC(Nc1ccccc1)c1nc(-c2ccncc2)n[nH]1. The van der Waals surface area contributed by atoms with Gasteiger partial charge in [-0.15, -0.1) is 0 Å². The molecule has 3 aromatic rings. The van der Waals surface area contributed by atoms with Crippen molar-refractivity contribution in [2.75, 3.05) is 11.9 Å². The average Bonchev–Trinajstić information content (AvgIpc) is 3.06. The summed E-state index contributed by atoms with van der Waals surface area (Å²) in [5, 5.41) is 10.7. The van der Waals surface area contributed by atoms with Gasteiger partial charge >= 0.3 is 0 Å². The van der Waals surface area contributed by atoms with Crippen LogP contribution in [0, 0.1) is 0 Å². The molecule has 0 radical (unpaired) electrons. The Morgan fingerprint density at radius 1 is 1.09 bits per heavy atom. The molecule has 0 aliphatic carbocycles. The molecule has 1 aromatic carbocycles. The lowest BCUT2D eigenvalue weighted by Gasteiger charge is -2.16. The van der Waals surface area contributed by atoms with Gasteiger partial charge in [0.25, 0.3) is 0 Å². The molecular formula is C16H18N6. The molecule has 2 aromatic heterocycles. The first kappa shape index (κ1) is 14.2. The van der Waals surface area contributed by atoms with E-state index in [4.69, 9.17) is 5.73 Å². The number of nitrogens with zero attached hydrogens (tertiary/aromatic N) is 3. The van der Waals surface area contributed by atoms with Gasteiger partial charge in [0.1, 0.15) is 5.82 Å².